The first-order valence-corrected chi connectivity index (χ1v) is 4.89. The van der Waals surface area contributed by atoms with Gasteiger partial charge in [-0.15, -0.1) is 11.3 Å². The Morgan fingerprint density at radius 2 is 2.42 bits per heavy atom. The molecule has 1 heterocycles. The third kappa shape index (κ3) is 2.89. The molecule has 1 rings (SSSR count). The van der Waals surface area contributed by atoms with Crippen molar-refractivity contribution in [2.24, 2.45) is 0 Å². The van der Waals surface area contributed by atoms with Crippen molar-refractivity contribution in [2.75, 3.05) is 6.54 Å². The van der Waals surface area contributed by atoms with E-state index in [0.29, 0.717) is 6.54 Å². The van der Waals surface area contributed by atoms with Crippen LogP contribution in [0.15, 0.2) is 11.6 Å². The highest BCUT2D eigenvalue weighted by molar-refractivity contribution is 7.09. The van der Waals surface area contributed by atoms with Gasteiger partial charge in [0.15, 0.2) is 0 Å². The predicted molar refractivity (Wildman–Crippen MR) is 50.2 cm³/mol. The van der Waals surface area contributed by atoms with Gasteiger partial charge in [0.25, 0.3) is 0 Å². The van der Waals surface area contributed by atoms with Crippen molar-refractivity contribution in [1.29, 1.82) is 0 Å². The van der Waals surface area contributed by atoms with Crippen LogP contribution in [0.2, 0.25) is 0 Å². The first-order chi connectivity index (χ1) is 5.70. The Balaban J connectivity index is 2.34. The topological polar surface area (TPSA) is 45.1 Å². The number of hydrogen-bond acceptors (Lipinski definition) is 4. The van der Waals surface area contributed by atoms with Crippen LogP contribution in [0.5, 0.6) is 0 Å². The molecule has 0 aliphatic rings. The van der Waals surface area contributed by atoms with Gasteiger partial charge in [-0.1, -0.05) is 0 Å². The molecule has 0 aliphatic carbocycles. The van der Waals surface area contributed by atoms with Crippen LogP contribution in [-0.4, -0.2) is 22.7 Å². The first-order valence-electron chi connectivity index (χ1n) is 4.01. The van der Waals surface area contributed by atoms with Gasteiger partial charge in [-0.3, -0.25) is 0 Å². The molecule has 12 heavy (non-hydrogen) atoms. The molecule has 0 spiro atoms. The second-order valence-corrected chi connectivity index (χ2v) is 3.78. The molecule has 3 nitrogen and oxygen atoms in total. The fourth-order valence-electron chi connectivity index (χ4n) is 0.883. The Morgan fingerprint density at radius 3 is 2.92 bits per heavy atom. The van der Waals surface area contributed by atoms with Gasteiger partial charge in [0, 0.05) is 18.1 Å². The van der Waals surface area contributed by atoms with Crippen LogP contribution in [0.25, 0.3) is 0 Å². The number of nitrogens with zero attached hydrogens (tertiary/aromatic N) is 1. The molecule has 0 saturated carbocycles. The van der Waals surface area contributed by atoms with Gasteiger partial charge in [-0.25, -0.2) is 4.98 Å². The van der Waals surface area contributed by atoms with E-state index < -0.39 is 0 Å². The molecular formula is C8H14N2OS. The predicted octanol–water partition coefficient (Wildman–Crippen LogP) is 1.17. The van der Waals surface area contributed by atoms with E-state index in [4.69, 9.17) is 5.11 Å². The summed E-state index contributed by atoms with van der Waals surface area (Å²) in [6, 6.07) is 0.236. The molecule has 0 aliphatic heterocycles. The molecule has 68 valence electrons. The van der Waals surface area contributed by atoms with Crippen LogP contribution < -0.4 is 5.32 Å². The summed E-state index contributed by atoms with van der Waals surface area (Å²) >= 11 is 1.63. The second-order valence-electron chi connectivity index (χ2n) is 2.85. The average molecular weight is 186 g/mol. The SMILES string of the molecule is C[C@H](NC[C@@H](C)O)c1nccs1. The Labute approximate surface area is 76.5 Å². The number of aliphatic hydroxyl groups is 1. The monoisotopic (exact) mass is 186 g/mol. The molecule has 0 unspecified atom stereocenters. The van der Waals surface area contributed by atoms with Gasteiger partial charge in [-0.2, -0.15) is 0 Å². The molecule has 0 amide bonds. The Kier molecular flexibility index (Phi) is 3.65. The summed E-state index contributed by atoms with van der Waals surface area (Å²) in [5, 5.41) is 15.2. The molecule has 0 radical (unpaired) electrons. The van der Waals surface area contributed by atoms with Crippen LogP contribution in [0.1, 0.15) is 24.9 Å². The Bertz CT molecular complexity index is 211. The minimum absolute atomic E-state index is 0.236. The summed E-state index contributed by atoms with van der Waals surface area (Å²) < 4.78 is 0. The van der Waals surface area contributed by atoms with Crippen molar-refractivity contribution in [1.82, 2.24) is 10.3 Å². The number of hydrogen-bond donors (Lipinski definition) is 2. The van der Waals surface area contributed by atoms with Gasteiger partial charge in [0.1, 0.15) is 5.01 Å². The van der Waals surface area contributed by atoms with Gasteiger partial charge in [0.2, 0.25) is 0 Å². The third-order valence-corrected chi connectivity index (χ3v) is 2.50. The van der Waals surface area contributed by atoms with Crippen LogP contribution in [0.4, 0.5) is 0 Å². The molecule has 2 N–H and O–H groups in total. The minimum Gasteiger partial charge on any atom is -0.392 e. The van der Waals surface area contributed by atoms with E-state index in [2.05, 4.69) is 10.3 Å². The summed E-state index contributed by atoms with van der Waals surface area (Å²) in [5.41, 5.74) is 0. The Hall–Kier alpha value is -0.450. The number of thiazole rings is 1. The number of aromatic nitrogens is 1. The smallest absolute Gasteiger partial charge is 0.109 e. The molecule has 1 aromatic rings. The van der Waals surface area contributed by atoms with Gasteiger partial charge >= 0.3 is 0 Å². The average Bonchev–Trinajstić information content (AvgIpc) is 2.51. The minimum atomic E-state index is -0.299. The van der Waals surface area contributed by atoms with E-state index in [1.165, 1.54) is 0 Å². The quantitative estimate of drug-likeness (QED) is 0.742. The lowest BCUT2D eigenvalue weighted by molar-refractivity contribution is 0.187. The molecule has 1 aromatic heterocycles. The van der Waals surface area contributed by atoms with Crippen molar-refractivity contribution in [3.8, 4) is 0 Å². The lowest BCUT2D eigenvalue weighted by atomic mass is 10.3. The first kappa shape index (κ1) is 9.64. The van der Waals surface area contributed by atoms with Gasteiger partial charge < -0.3 is 10.4 Å². The second kappa shape index (κ2) is 4.54. The van der Waals surface area contributed by atoms with Crippen molar-refractivity contribution in [3.63, 3.8) is 0 Å². The van der Waals surface area contributed by atoms with Crippen molar-refractivity contribution in [2.45, 2.75) is 26.0 Å². The van der Waals surface area contributed by atoms with Crippen LogP contribution in [0, 0.1) is 0 Å². The molecule has 4 heteroatoms. The number of nitrogens with one attached hydrogen (secondary N) is 1. The third-order valence-electron chi connectivity index (χ3n) is 1.54. The van der Waals surface area contributed by atoms with Gasteiger partial charge in [0.05, 0.1) is 12.1 Å². The van der Waals surface area contributed by atoms with Crippen LogP contribution in [-0.2, 0) is 0 Å². The van der Waals surface area contributed by atoms with Crippen LogP contribution in [0.3, 0.4) is 0 Å². The summed E-state index contributed by atoms with van der Waals surface area (Å²) in [4.78, 5) is 4.17. The summed E-state index contributed by atoms with van der Waals surface area (Å²) in [6.07, 6.45) is 1.49. The summed E-state index contributed by atoms with van der Waals surface area (Å²) in [7, 11) is 0. The van der Waals surface area contributed by atoms with Crippen molar-refractivity contribution in [3.05, 3.63) is 16.6 Å². The van der Waals surface area contributed by atoms with Crippen LogP contribution >= 0.6 is 11.3 Å². The zero-order valence-corrected chi connectivity index (χ0v) is 8.14. The molecule has 0 fully saturated rings. The van der Waals surface area contributed by atoms with Crippen molar-refractivity contribution >= 4 is 11.3 Å². The number of rotatable bonds is 4. The Morgan fingerprint density at radius 1 is 1.67 bits per heavy atom. The largest absolute Gasteiger partial charge is 0.392 e. The standard InChI is InChI=1S/C8H14N2OS/c1-6(11)5-10-7(2)8-9-3-4-12-8/h3-4,6-7,10-11H,5H2,1-2H3/t6-,7+/m1/s1. The zero-order valence-electron chi connectivity index (χ0n) is 7.32. The van der Waals surface area contributed by atoms with E-state index in [1.54, 1.807) is 24.5 Å². The van der Waals surface area contributed by atoms with E-state index in [-0.39, 0.29) is 12.1 Å². The van der Waals surface area contributed by atoms with E-state index >= 15 is 0 Å². The maximum absolute atomic E-state index is 9.02. The fraction of sp³-hybridized carbons (Fsp3) is 0.625. The van der Waals surface area contributed by atoms with E-state index in [1.807, 2.05) is 12.3 Å². The highest BCUT2D eigenvalue weighted by Gasteiger charge is 2.07. The maximum Gasteiger partial charge on any atom is 0.109 e. The van der Waals surface area contributed by atoms with Gasteiger partial charge in [-0.05, 0) is 13.8 Å². The highest BCUT2D eigenvalue weighted by Crippen LogP contribution is 2.13. The molecule has 0 bridgehead atoms. The van der Waals surface area contributed by atoms with Crippen molar-refractivity contribution < 1.29 is 5.11 Å². The lowest BCUT2D eigenvalue weighted by Gasteiger charge is -2.11. The molecule has 2 atom stereocenters. The maximum atomic E-state index is 9.02. The normalized spacial score (nSPS) is 15.9. The zero-order chi connectivity index (χ0) is 8.97. The summed E-state index contributed by atoms with van der Waals surface area (Å²) in [6.45, 7) is 4.42. The summed E-state index contributed by atoms with van der Waals surface area (Å²) in [5.74, 6) is 0. The fourth-order valence-corrected chi connectivity index (χ4v) is 1.55. The lowest BCUT2D eigenvalue weighted by Crippen LogP contribution is -2.26. The highest BCUT2D eigenvalue weighted by atomic mass is 32.1. The molecule has 0 saturated heterocycles. The molecule has 0 aromatic carbocycles. The van der Waals surface area contributed by atoms with E-state index in [0.717, 1.165) is 5.01 Å². The number of aliphatic hydroxyl groups excluding tert-OH is 1. The van der Waals surface area contributed by atoms with E-state index in [9.17, 15) is 0 Å². The molecular weight excluding hydrogens is 172 g/mol.